The molecule has 0 aromatic heterocycles. The van der Waals surface area contributed by atoms with Crippen LogP contribution in [-0.4, -0.2) is 30.5 Å². The number of nitrogens with one attached hydrogen (secondary N) is 2. The van der Waals surface area contributed by atoms with Crippen LogP contribution in [0.4, 0.5) is 20.6 Å². The second-order valence-electron chi connectivity index (χ2n) is 7.07. The van der Waals surface area contributed by atoms with Crippen molar-refractivity contribution in [2.45, 2.75) is 6.04 Å². The molecule has 1 heterocycles. The molecule has 3 aromatic rings. The Labute approximate surface area is 183 Å². The van der Waals surface area contributed by atoms with Gasteiger partial charge < -0.3 is 20.3 Å². The van der Waals surface area contributed by atoms with Crippen LogP contribution in [0.2, 0.25) is 5.02 Å². The molecule has 6 nitrogen and oxygen atoms in total. The maximum atomic E-state index is 13.5. The predicted molar refractivity (Wildman–Crippen MR) is 117 cm³/mol. The number of anilines is 2. The third-order valence-corrected chi connectivity index (χ3v) is 5.27. The topological polar surface area (TPSA) is 70.7 Å². The van der Waals surface area contributed by atoms with Crippen molar-refractivity contribution in [1.29, 1.82) is 0 Å². The van der Waals surface area contributed by atoms with Gasteiger partial charge in [-0.25, -0.2) is 9.18 Å². The number of hydrogen-bond acceptors (Lipinski definition) is 3. The number of ether oxygens (including phenoxy) is 1. The lowest BCUT2D eigenvalue weighted by Gasteiger charge is -2.29. The summed E-state index contributed by atoms with van der Waals surface area (Å²) >= 11 is 6.31. The number of halogens is 2. The Hall–Kier alpha value is -3.58. The molecule has 0 bridgehead atoms. The summed E-state index contributed by atoms with van der Waals surface area (Å²) in [6.07, 6.45) is 0. The number of amides is 3. The van der Waals surface area contributed by atoms with Gasteiger partial charge in [-0.15, -0.1) is 0 Å². The van der Waals surface area contributed by atoms with E-state index < -0.39 is 12.1 Å². The van der Waals surface area contributed by atoms with Gasteiger partial charge in [0.25, 0.3) is 5.91 Å². The second-order valence-corrected chi connectivity index (χ2v) is 7.48. The molecule has 0 saturated carbocycles. The van der Waals surface area contributed by atoms with Gasteiger partial charge in [-0.05, 0) is 29.3 Å². The number of urea groups is 1. The largest absolute Gasteiger partial charge is 0.482 e. The van der Waals surface area contributed by atoms with Crippen molar-refractivity contribution < 1.29 is 18.7 Å². The first-order valence-corrected chi connectivity index (χ1v) is 9.90. The van der Waals surface area contributed by atoms with Gasteiger partial charge in [0.2, 0.25) is 0 Å². The molecule has 4 rings (SSSR count). The van der Waals surface area contributed by atoms with E-state index in [2.05, 4.69) is 10.6 Å². The highest BCUT2D eigenvalue weighted by atomic mass is 35.5. The van der Waals surface area contributed by atoms with Crippen LogP contribution in [0.15, 0.2) is 66.7 Å². The molecular formula is C23H19ClFN3O3. The summed E-state index contributed by atoms with van der Waals surface area (Å²) in [5.74, 6) is -0.208. The zero-order valence-corrected chi connectivity index (χ0v) is 17.3. The maximum absolute atomic E-state index is 13.5. The lowest BCUT2D eigenvalue weighted by molar-refractivity contribution is -0.118. The number of carbonyl (C=O) groups excluding carboxylic acids is 2. The Morgan fingerprint density at radius 1 is 1.13 bits per heavy atom. The molecule has 1 unspecified atom stereocenters. The molecule has 3 amide bonds. The molecule has 1 aliphatic heterocycles. The van der Waals surface area contributed by atoms with E-state index in [9.17, 15) is 14.0 Å². The summed E-state index contributed by atoms with van der Waals surface area (Å²) < 4.78 is 18.9. The van der Waals surface area contributed by atoms with E-state index in [-0.39, 0.29) is 23.4 Å². The minimum Gasteiger partial charge on any atom is -0.482 e. The molecule has 0 spiro atoms. The van der Waals surface area contributed by atoms with Crippen molar-refractivity contribution >= 4 is 34.9 Å². The predicted octanol–water partition coefficient (Wildman–Crippen LogP) is 5.06. The quantitative estimate of drug-likeness (QED) is 0.596. The van der Waals surface area contributed by atoms with Crippen LogP contribution in [-0.2, 0) is 4.79 Å². The molecule has 0 radical (unpaired) electrons. The third-order valence-electron chi connectivity index (χ3n) is 4.95. The van der Waals surface area contributed by atoms with Gasteiger partial charge in [0.1, 0.15) is 11.6 Å². The van der Waals surface area contributed by atoms with Crippen LogP contribution in [0, 0.1) is 5.82 Å². The number of benzene rings is 3. The van der Waals surface area contributed by atoms with Gasteiger partial charge in [-0.2, -0.15) is 0 Å². The van der Waals surface area contributed by atoms with Crippen LogP contribution in [0.1, 0.15) is 17.2 Å². The van der Waals surface area contributed by atoms with Crippen molar-refractivity contribution in [3.63, 3.8) is 0 Å². The van der Waals surface area contributed by atoms with Gasteiger partial charge in [0.15, 0.2) is 6.61 Å². The summed E-state index contributed by atoms with van der Waals surface area (Å²) in [6.45, 7) is -0.109. The van der Waals surface area contributed by atoms with Crippen molar-refractivity contribution in [1.82, 2.24) is 4.90 Å². The SMILES string of the molecule is CN(C(=O)Nc1cc2c(cc1Cl)NC(=O)CO2)C(c1ccccc1)c1ccc(F)cc1. The van der Waals surface area contributed by atoms with Crippen LogP contribution in [0.25, 0.3) is 0 Å². The van der Waals surface area contributed by atoms with Crippen LogP contribution in [0.3, 0.4) is 0 Å². The fraction of sp³-hybridized carbons (Fsp3) is 0.130. The Morgan fingerprint density at radius 2 is 1.81 bits per heavy atom. The summed E-state index contributed by atoms with van der Waals surface area (Å²) in [5.41, 5.74) is 2.42. The van der Waals surface area contributed by atoms with Crippen LogP contribution < -0.4 is 15.4 Å². The number of hydrogen-bond donors (Lipinski definition) is 2. The summed E-state index contributed by atoms with van der Waals surface area (Å²) in [6, 6.07) is 17.7. The first kappa shape index (κ1) is 20.7. The lowest BCUT2D eigenvalue weighted by atomic mass is 9.97. The normalized spacial score (nSPS) is 13.5. The molecule has 0 saturated heterocycles. The van der Waals surface area contributed by atoms with Gasteiger partial charge in [-0.3, -0.25) is 4.79 Å². The van der Waals surface area contributed by atoms with Crippen molar-refractivity contribution in [3.8, 4) is 5.75 Å². The zero-order valence-electron chi connectivity index (χ0n) is 16.6. The number of carbonyl (C=O) groups is 2. The summed E-state index contributed by atoms with van der Waals surface area (Å²) in [7, 11) is 1.65. The molecule has 31 heavy (non-hydrogen) atoms. The van der Waals surface area contributed by atoms with E-state index in [4.69, 9.17) is 16.3 Å². The minimum absolute atomic E-state index is 0.109. The fourth-order valence-electron chi connectivity index (χ4n) is 3.44. The van der Waals surface area contributed by atoms with E-state index >= 15 is 0 Å². The standard InChI is InChI=1S/C23H19ClFN3O3/c1-28(22(14-5-3-2-4-6-14)15-7-9-16(25)10-8-15)23(30)27-18-12-20-19(11-17(18)24)26-21(29)13-31-20/h2-12,22H,13H2,1H3,(H,26,29)(H,27,30). The highest BCUT2D eigenvalue weighted by Crippen LogP contribution is 2.37. The first-order chi connectivity index (χ1) is 14.9. The van der Waals surface area contributed by atoms with Crippen molar-refractivity contribution in [2.75, 3.05) is 24.3 Å². The molecule has 1 aliphatic rings. The number of nitrogens with zero attached hydrogens (tertiary/aromatic N) is 1. The molecule has 3 aromatic carbocycles. The van der Waals surface area contributed by atoms with Gasteiger partial charge in [0.05, 0.1) is 22.4 Å². The minimum atomic E-state index is -0.450. The smallest absolute Gasteiger partial charge is 0.322 e. The van der Waals surface area contributed by atoms with Crippen LogP contribution >= 0.6 is 11.6 Å². The van der Waals surface area contributed by atoms with Gasteiger partial charge in [0, 0.05) is 13.1 Å². The molecule has 1 atom stereocenters. The number of fused-ring (bicyclic) bond motifs is 1. The average molecular weight is 440 g/mol. The monoisotopic (exact) mass is 439 g/mol. The lowest BCUT2D eigenvalue weighted by Crippen LogP contribution is -2.35. The molecule has 158 valence electrons. The van der Waals surface area contributed by atoms with E-state index in [0.717, 1.165) is 11.1 Å². The average Bonchev–Trinajstić information content (AvgIpc) is 2.76. The maximum Gasteiger partial charge on any atom is 0.322 e. The molecule has 0 fully saturated rings. The van der Waals surface area contributed by atoms with Gasteiger partial charge >= 0.3 is 6.03 Å². The molecular weight excluding hydrogens is 421 g/mol. The Kier molecular flexibility index (Phi) is 5.77. The molecule has 0 aliphatic carbocycles. The van der Waals surface area contributed by atoms with E-state index in [0.29, 0.717) is 17.1 Å². The fourth-order valence-corrected chi connectivity index (χ4v) is 3.65. The molecule has 2 N–H and O–H groups in total. The highest BCUT2D eigenvalue weighted by molar-refractivity contribution is 6.34. The molecule has 8 heteroatoms. The van der Waals surface area contributed by atoms with Crippen molar-refractivity contribution in [3.05, 3.63) is 88.7 Å². The Balaban J connectivity index is 1.62. The zero-order chi connectivity index (χ0) is 22.0. The first-order valence-electron chi connectivity index (χ1n) is 9.53. The van der Waals surface area contributed by atoms with Gasteiger partial charge in [-0.1, -0.05) is 54.1 Å². The van der Waals surface area contributed by atoms with Crippen LogP contribution in [0.5, 0.6) is 5.75 Å². The summed E-state index contributed by atoms with van der Waals surface area (Å²) in [5, 5.41) is 5.71. The van der Waals surface area contributed by atoms with E-state index in [1.165, 1.54) is 23.1 Å². The second kappa shape index (κ2) is 8.65. The number of rotatable bonds is 4. The summed E-state index contributed by atoms with van der Waals surface area (Å²) in [4.78, 5) is 26.1. The third kappa shape index (κ3) is 4.46. The van der Waals surface area contributed by atoms with E-state index in [1.807, 2.05) is 30.3 Å². The van der Waals surface area contributed by atoms with E-state index in [1.54, 1.807) is 25.2 Å². The Bertz CT molecular complexity index is 1120. The van der Waals surface area contributed by atoms with Crippen molar-refractivity contribution in [2.24, 2.45) is 0 Å². The highest BCUT2D eigenvalue weighted by Gasteiger charge is 2.25. The Morgan fingerprint density at radius 3 is 2.52 bits per heavy atom.